The van der Waals surface area contributed by atoms with Gasteiger partial charge in [0.1, 0.15) is 12.3 Å². The molecule has 1 heterocycles. The van der Waals surface area contributed by atoms with Crippen molar-refractivity contribution in [1.29, 1.82) is 0 Å². The Morgan fingerprint density at radius 1 is 1.03 bits per heavy atom. The number of amides is 2. The second-order valence-corrected chi connectivity index (χ2v) is 7.36. The number of nitrogens with one attached hydrogen (secondary N) is 1. The smallest absolute Gasteiger partial charge is 0.265 e. The van der Waals surface area contributed by atoms with Gasteiger partial charge in [-0.2, -0.15) is 0 Å². The zero-order valence-corrected chi connectivity index (χ0v) is 17.6. The van der Waals surface area contributed by atoms with E-state index in [1.165, 1.54) is 35.2 Å². The molecule has 2 amide bonds. The molecule has 0 saturated carbocycles. The lowest BCUT2D eigenvalue weighted by Gasteiger charge is -2.29. The van der Waals surface area contributed by atoms with Gasteiger partial charge in [-0.1, -0.05) is 42.5 Å². The number of halogens is 1. The van der Waals surface area contributed by atoms with Gasteiger partial charge in [0.2, 0.25) is 5.91 Å². The van der Waals surface area contributed by atoms with Crippen LogP contribution in [0.5, 0.6) is 11.5 Å². The third-order valence-electron chi connectivity index (χ3n) is 5.05. The van der Waals surface area contributed by atoms with Crippen LogP contribution in [0.4, 0.5) is 10.1 Å². The Labute approximate surface area is 189 Å². The number of benzene rings is 3. The van der Waals surface area contributed by atoms with Crippen LogP contribution in [-0.2, 0) is 16.1 Å². The lowest BCUT2D eigenvalue weighted by molar-refractivity contribution is -0.125. The minimum Gasteiger partial charge on any atom is -0.482 e. The third kappa shape index (κ3) is 5.35. The summed E-state index contributed by atoms with van der Waals surface area (Å²) >= 11 is 0. The second-order valence-electron chi connectivity index (χ2n) is 7.36. The van der Waals surface area contributed by atoms with Crippen molar-refractivity contribution in [3.63, 3.8) is 0 Å². The summed E-state index contributed by atoms with van der Waals surface area (Å²) in [5.74, 6) is -1.37. The maximum Gasteiger partial charge on any atom is 0.265 e. The molecule has 168 valence electrons. The van der Waals surface area contributed by atoms with E-state index in [0.717, 1.165) is 5.56 Å². The van der Waals surface area contributed by atoms with E-state index in [4.69, 9.17) is 9.47 Å². The molecule has 0 atom stereocenters. The molecule has 0 saturated heterocycles. The molecule has 4 rings (SSSR count). The minimum absolute atomic E-state index is 0.0287. The van der Waals surface area contributed by atoms with E-state index >= 15 is 0 Å². The fraction of sp³-hybridized carbons (Fsp3) is 0.160. The molecule has 1 aliphatic rings. The molecule has 0 spiro atoms. The predicted octanol–water partition coefficient (Wildman–Crippen LogP) is 3.13. The van der Waals surface area contributed by atoms with Gasteiger partial charge in [0.05, 0.1) is 5.69 Å². The van der Waals surface area contributed by atoms with Crippen LogP contribution in [0.1, 0.15) is 15.9 Å². The van der Waals surface area contributed by atoms with E-state index in [9.17, 15) is 18.8 Å². The standard InChI is InChI=1S/C25H21FN2O5/c26-19-8-4-5-9-22(19)32-15-21(29)18-10-11-23-20(12-18)28(25(31)16-33-23)14-24(30)27-13-17-6-2-1-3-7-17/h1-12H,13-16H2,(H,27,30). The Bertz CT molecular complexity index is 1180. The summed E-state index contributed by atoms with van der Waals surface area (Å²) in [6.45, 7) is -0.475. The van der Waals surface area contributed by atoms with Gasteiger partial charge in [-0.3, -0.25) is 19.3 Å². The van der Waals surface area contributed by atoms with Crippen molar-refractivity contribution < 1.29 is 28.2 Å². The van der Waals surface area contributed by atoms with Gasteiger partial charge in [0, 0.05) is 12.1 Å². The normalized spacial score (nSPS) is 12.5. The number of Topliss-reactive ketones (excluding diaryl/α,β-unsaturated/α-hetero) is 1. The van der Waals surface area contributed by atoms with E-state index in [-0.39, 0.29) is 37.0 Å². The molecule has 0 unspecified atom stereocenters. The van der Waals surface area contributed by atoms with Gasteiger partial charge in [0.25, 0.3) is 5.91 Å². The van der Waals surface area contributed by atoms with Crippen molar-refractivity contribution in [2.75, 3.05) is 24.7 Å². The SMILES string of the molecule is O=C(CN1C(=O)COc2ccc(C(=O)COc3ccccc3F)cc21)NCc1ccccc1. The molecule has 3 aromatic carbocycles. The molecule has 0 fully saturated rings. The van der Waals surface area contributed by atoms with Gasteiger partial charge in [-0.25, -0.2) is 4.39 Å². The number of anilines is 1. The average Bonchev–Trinajstić information content (AvgIpc) is 2.84. The highest BCUT2D eigenvalue weighted by Gasteiger charge is 2.28. The lowest BCUT2D eigenvalue weighted by Crippen LogP contribution is -2.45. The van der Waals surface area contributed by atoms with Gasteiger partial charge < -0.3 is 14.8 Å². The highest BCUT2D eigenvalue weighted by Crippen LogP contribution is 2.33. The number of hydrogen-bond donors (Lipinski definition) is 1. The van der Waals surface area contributed by atoms with Crippen LogP contribution in [0.15, 0.2) is 72.8 Å². The number of rotatable bonds is 8. The summed E-state index contributed by atoms with van der Waals surface area (Å²) < 4.78 is 24.4. The fourth-order valence-corrected chi connectivity index (χ4v) is 3.33. The lowest BCUT2D eigenvalue weighted by atomic mass is 10.1. The number of carbonyl (C=O) groups is 3. The van der Waals surface area contributed by atoms with Crippen molar-refractivity contribution in [1.82, 2.24) is 5.32 Å². The Kier molecular flexibility index (Phi) is 6.64. The molecule has 0 aliphatic carbocycles. The van der Waals surface area contributed by atoms with Crippen LogP contribution in [-0.4, -0.2) is 37.4 Å². The first kappa shape index (κ1) is 22.0. The summed E-state index contributed by atoms with van der Waals surface area (Å²) in [6, 6.07) is 19.8. The van der Waals surface area contributed by atoms with E-state index in [0.29, 0.717) is 18.0 Å². The van der Waals surface area contributed by atoms with Crippen LogP contribution in [0.2, 0.25) is 0 Å². The minimum atomic E-state index is -0.567. The average molecular weight is 448 g/mol. The number of ether oxygens (including phenoxy) is 2. The third-order valence-corrected chi connectivity index (χ3v) is 5.05. The van der Waals surface area contributed by atoms with Crippen LogP contribution in [0.3, 0.4) is 0 Å². The predicted molar refractivity (Wildman–Crippen MR) is 119 cm³/mol. The first-order chi connectivity index (χ1) is 16.0. The van der Waals surface area contributed by atoms with Crippen molar-refractivity contribution in [2.24, 2.45) is 0 Å². The molecule has 1 aliphatic heterocycles. The van der Waals surface area contributed by atoms with Gasteiger partial charge >= 0.3 is 0 Å². The van der Waals surface area contributed by atoms with Crippen molar-refractivity contribution >= 4 is 23.3 Å². The summed E-state index contributed by atoms with van der Waals surface area (Å²) in [5.41, 5.74) is 1.50. The van der Waals surface area contributed by atoms with Gasteiger partial charge in [0.15, 0.2) is 30.6 Å². The zero-order chi connectivity index (χ0) is 23.2. The summed E-state index contributed by atoms with van der Waals surface area (Å²) in [5, 5.41) is 2.78. The van der Waals surface area contributed by atoms with Crippen molar-refractivity contribution in [3.8, 4) is 11.5 Å². The Hall–Kier alpha value is -4.20. The van der Waals surface area contributed by atoms with Crippen LogP contribution in [0, 0.1) is 5.82 Å². The second kappa shape index (κ2) is 9.95. The maximum atomic E-state index is 13.7. The van der Waals surface area contributed by atoms with Crippen LogP contribution >= 0.6 is 0 Å². The molecule has 0 bridgehead atoms. The number of carbonyl (C=O) groups excluding carboxylic acids is 3. The van der Waals surface area contributed by atoms with Crippen molar-refractivity contribution in [2.45, 2.75) is 6.54 Å². The highest BCUT2D eigenvalue weighted by atomic mass is 19.1. The maximum absolute atomic E-state index is 13.7. The van der Waals surface area contributed by atoms with E-state index in [1.54, 1.807) is 12.1 Å². The number of hydrogen-bond acceptors (Lipinski definition) is 5. The summed E-state index contributed by atoms with van der Waals surface area (Å²) in [6.07, 6.45) is 0. The number of nitrogens with zero attached hydrogens (tertiary/aromatic N) is 1. The number of fused-ring (bicyclic) bond motifs is 1. The monoisotopic (exact) mass is 448 g/mol. The first-order valence-electron chi connectivity index (χ1n) is 10.3. The fourth-order valence-electron chi connectivity index (χ4n) is 3.33. The highest BCUT2D eigenvalue weighted by molar-refractivity contribution is 6.04. The molecule has 33 heavy (non-hydrogen) atoms. The quantitative estimate of drug-likeness (QED) is 0.536. The molecular weight excluding hydrogens is 427 g/mol. The van der Waals surface area contributed by atoms with Crippen LogP contribution < -0.4 is 19.7 Å². The number of para-hydroxylation sites is 1. The summed E-state index contributed by atoms with van der Waals surface area (Å²) in [4.78, 5) is 38.8. The van der Waals surface area contributed by atoms with E-state index < -0.39 is 17.5 Å². The molecule has 0 radical (unpaired) electrons. The van der Waals surface area contributed by atoms with Gasteiger partial charge in [-0.05, 0) is 35.9 Å². The Morgan fingerprint density at radius 3 is 2.58 bits per heavy atom. The van der Waals surface area contributed by atoms with Crippen molar-refractivity contribution in [3.05, 3.63) is 89.7 Å². The molecule has 0 aromatic heterocycles. The summed E-state index contributed by atoms with van der Waals surface area (Å²) in [7, 11) is 0. The van der Waals surface area contributed by atoms with Gasteiger partial charge in [-0.15, -0.1) is 0 Å². The molecule has 8 heteroatoms. The zero-order valence-electron chi connectivity index (χ0n) is 17.6. The van der Waals surface area contributed by atoms with E-state index in [2.05, 4.69) is 5.32 Å². The first-order valence-corrected chi connectivity index (χ1v) is 10.3. The Balaban J connectivity index is 1.45. The van der Waals surface area contributed by atoms with E-state index in [1.807, 2.05) is 30.3 Å². The Morgan fingerprint density at radius 2 is 1.79 bits per heavy atom. The number of ketones is 1. The molecular formula is C25H21FN2O5. The largest absolute Gasteiger partial charge is 0.482 e. The van der Waals surface area contributed by atoms with Crippen LogP contribution in [0.25, 0.3) is 0 Å². The molecule has 3 aromatic rings. The molecule has 1 N–H and O–H groups in total. The molecule has 7 nitrogen and oxygen atoms in total. The topological polar surface area (TPSA) is 84.9 Å².